The summed E-state index contributed by atoms with van der Waals surface area (Å²) >= 11 is 0. The molecule has 1 rings (SSSR count). The van der Waals surface area contributed by atoms with Crippen LogP contribution in [0.1, 0.15) is 38.2 Å². The molecule has 0 aliphatic carbocycles. The van der Waals surface area contributed by atoms with Crippen LogP contribution in [-0.4, -0.2) is 13.2 Å². The van der Waals surface area contributed by atoms with Crippen LogP contribution in [0.25, 0.3) is 0 Å². The Morgan fingerprint density at radius 2 is 2.11 bits per heavy atom. The number of nitrogens with one attached hydrogen (secondary N) is 1. The third-order valence-corrected chi connectivity index (χ3v) is 2.83. The van der Waals surface area contributed by atoms with Crippen molar-refractivity contribution in [2.75, 3.05) is 13.2 Å². The number of hydrogen-bond acceptors (Lipinski definition) is 2. The first-order valence-corrected chi connectivity index (χ1v) is 7.00. The van der Waals surface area contributed by atoms with Crippen molar-refractivity contribution in [1.82, 2.24) is 5.32 Å². The standard InChI is InChI=1S/C16H24FNO/c1-3-5-6-7-8-9-19-16-11-14(13-18-4-2)10-15(17)12-16/h3,10-12,18H,1,4-9,13H2,2H3. The van der Waals surface area contributed by atoms with Crippen LogP contribution in [0.5, 0.6) is 5.75 Å². The van der Waals surface area contributed by atoms with Crippen LogP contribution in [0.4, 0.5) is 4.39 Å². The van der Waals surface area contributed by atoms with E-state index in [1.807, 2.05) is 19.1 Å². The van der Waals surface area contributed by atoms with Crippen LogP contribution in [-0.2, 0) is 6.54 Å². The van der Waals surface area contributed by atoms with E-state index in [0.717, 1.165) is 37.8 Å². The minimum Gasteiger partial charge on any atom is -0.493 e. The van der Waals surface area contributed by atoms with E-state index in [9.17, 15) is 4.39 Å². The number of allylic oxidation sites excluding steroid dienone is 1. The van der Waals surface area contributed by atoms with E-state index in [0.29, 0.717) is 18.9 Å². The van der Waals surface area contributed by atoms with Gasteiger partial charge in [-0.3, -0.25) is 0 Å². The van der Waals surface area contributed by atoms with Gasteiger partial charge in [0.2, 0.25) is 0 Å². The maximum atomic E-state index is 13.4. The first-order chi connectivity index (χ1) is 9.26. The van der Waals surface area contributed by atoms with Gasteiger partial charge in [0, 0.05) is 12.6 Å². The van der Waals surface area contributed by atoms with E-state index in [2.05, 4.69) is 11.9 Å². The molecule has 0 aliphatic rings. The molecule has 19 heavy (non-hydrogen) atoms. The summed E-state index contributed by atoms with van der Waals surface area (Å²) in [5.41, 5.74) is 0.920. The molecule has 1 aromatic carbocycles. The minimum absolute atomic E-state index is 0.239. The van der Waals surface area contributed by atoms with Crippen LogP contribution in [0, 0.1) is 5.82 Å². The first-order valence-electron chi connectivity index (χ1n) is 7.00. The Labute approximate surface area is 115 Å². The minimum atomic E-state index is -0.239. The van der Waals surface area contributed by atoms with E-state index in [-0.39, 0.29) is 5.82 Å². The van der Waals surface area contributed by atoms with Gasteiger partial charge < -0.3 is 10.1 Å². The third-order valence-electron chi connectivity index (χ3n) is 2.83. The van der Waals surface area contributed by atoms with Gasteiger partial charge in [-0.05, 0) is 49.9 Å². The Bertz CT molecular complexity index is 379. The summed E-state index contributed by atoms with van der Waals surface area (Å²) in [6.45, 7) is 7.90. The van der Waals surface area contributed by atoms with E-state index in [1.54, 1.807) is 6.07 Å². The molecule has 0 spiro atoms. The molecular formula is C16H24FNO. The van der Waals surface area contributed by atoms with Crippen molar-refractivity contribution in [1.29, 1.82) is 0 Å². The van der Waals surface area contributed by atoms with Crippen molar-refractivity contribution in [2.45, 2.75) is 39.2 Å². The second kappa shape index (κ2) is 9.56. The van der Waals surface area contributed by atoms with Gasteiger partial charge in [-0.1, -0.05) is 13.0 Å². The number of hydrogen-bond donors (Lipinski definition) is 1. The molecule has 0 aromatic heterocycles. The molecule has 3 heteroatoms. The average molecular weight is 265 g/mol. The largest absolute Gasteiger partial charge is 0.493 e. The van der Waals surface area contributed by atoms with Crippen molar-refractivity contribution in [3.05, 3.63) is 42.2 Å². The van der Waals surface area contributed by atoms with Crippen LogP contribution in [0.2, 0.25) is 0 Å². The summed E-state index contributed by atoms with van der Waals surface area (Å²) in [4.78, 5) is 0. The lowest BCUT2D eigenvalue weighted by molar-refractivity contribution is 0.303. The van der Waals surface area contributed by atoms with Crippen molar-refractivity contribution >= 4 is 0 Å². The number of ether oxygens (including phenoxy) is 1. The molecule has 1 N–H and O–H groups in total. The van der Waals surface area contributed by atoms with Gasteiger partial charge >= 0.3 is 0 Å². The molecule has 0 unspecified atom stereocenters. The summed E-state index contributed by atoms with van der Waals surface area (Å²) in [6.07, 6.45) is 6.23. The predicted molar refractivity (Wildman–Crippen MR) is 77.9 cm³/mol. The van der Waals surface area contributed by atoms with E-state index < -0.39 is 0 Å². The van der Waals surface area contributed by atoms with E-state index in [4.69, 9.17) is 4.74 Å². The summed E-state index contributed by atoms with van der Waals surface area (Å²) in [7, 11) is 0. The Kier molecular flexibility index (Phi) is 7.91. The molecule has 0 atom stereocenters. The molecule has 1 aromatic rings. The molecule has 0 fully saturated rings. The van der Waals surface area contributed by atoms with Crippen LogP contribution >= 0.6 is 0 Å². The van der Waals surface area contributed by atoms with Crippen LogP contribution in [0.15, 0.2) is 30.9 Å². The van der Waals surface area contributed by atoms with Gasteiger partial charge in [-0.2, -0.15) is 0 Å². The van der Waals surface area contributed by atoms with Crippen molar-refractivity contribution in [3.8, 4) is 5.75 Å². The first kappa shape index (κ1) is 15.7. The normalized spacial score (nSPS) is 10.4. The lowest BCUT2D eigenvalue weighted by Crippen LogP contribution is -2.12. The summed E-state index contributed by atoms with van der Waals surface area (Å²) in [6, 6.07) is 4.88. The van der Waals surface area contributed by atoms with Gasteiger partial charge in [0.15, 0.2) is 0 Å². The molecule has 2 nitrogen and oxygen atoms in total. The smallest absolute Gasteiger partial charge is 0.127 e. The molecule has 0 bridgehead atoms. The fourth-order valence-electron chi connectivity index (χ4n) is 1.83. The molecule has 0 saturated carbocycles. The maximum absolute atomic E-state index is 13.4. The van der Waals surface area contributed by atoms with E-state index >= 15 is 0 Å². The predicted octanol–water partition coefficient (Wildman–Crippen LogP) is 4.06. The molecule has 0 aliphatic heterocycles. The monoisotopic (exact) mass is 265 g/mol. The second-order valence-electron chi connectivity index (χ2n) is 4.56. The van der Waals surface area contributed by atoms with E-state index in [1.165, 1.54) is 6.07 Å². The fourth-order valence-corrected chi connectivity index (χ4v) is 1.83. The molecule has 0 radical (unpaired) electrons. The molecule has 0 saturated heterocycles. The lowest BCUT2D eigenvalue weighted by Gasteiger charge is -2.09. The number of halogens is 1. The summed E-state index contributed by atoms with van der Waals surface area (Å²) < 4.78 is 19.0. The zero-order valence-corrected chi connectivity index (χ0v) is 11.8. The highest BCUT2D eigenvalue weighted by Crippen LogP contribution is 2.17. The number of benzene rings is 1. The third kappa shape index (κ3) is 6.97. The van der Waals surface area contributed by atoms with Crippen LogP contribution < -0.4 is 10.1 Å². The Balaban J connectivity index is 2.35. The zero-order valence-electron chi connectivity index (χ0n) is 11.8. The highest BCUT2D eigenvalue weighted by atomic mass is 19.1. The maximum Gasteiger partial charge on any atom is 0.127 e. The topological polar surface area (TPSA) is 21.3 Å². The molecule has 106 valence electrons. The molecule has 0 heterocycles. The van der Waals surface area contributed by atoms with Crippen molar-refractivity contribution in [3.63, 3.8) is 0 Å². The lowest BCUT2D eigenvalue weighted by atomic mass is 10.2. The molecular weight excluding hydrogens is 241 g/mol. The number of rotatable bonds is 10. The second-order valence-corrected chi connectivity index (χ2v) is 4.56. The van der Waals surface area contributed by atoms with Gasteiger partial charge in [0.05, 0.1) is 6.61 Å². The Morgan fingerprint density at radius 3 is 2.84 bits per heavy atom. The summed E-state index contributed by atoms with van der Waals surface area (Å²) in [5.74, 6) is 0.383. The zero-order chi connectivity index (χ0) is 13.9. The average Bonchev–Trinajstić information content (AvgIpc) is 2.40. The highest BCUT2D eigenvalue weighted by Gasteiger charge is 2.01. The van der Waals surface area contributed by atoms with Crippen molar-refractivity contribution < 1.29 is 9.13 Å². The Hall–Kier alpha value is -1.35. The van der Waals surface area contributed by atoms with Gasteiger partial charge in [0.1, 0.15) is 11.6 Å². The highest BCUT2D eigenvalue weighted by molar-refractivity contribution is 5.29. The summed E-state index contributed by atoms with van der Waals surface area (Å²) in [5, 5.41) is 3.18. The SMILES string of the molecule is C=CCCCCCOc1cc(F)cc(CNCC)c1. The van der Waals surface area contributed by atoms with Gasteiger partial charge in [-0.25, -0.2) is 4.39 Å². The Morgan fingerprint density at radius 1 is 1.26 bits per heavy atom. The fraction of sp³-hybridized carbons (Fsp3) is 0.500. The van der Waals surface area contributed by atoms with Gasteiger partial charge in [0.25, 0.3) is 0 Å². The van der Waals surface area contributed by atoms with Gasteiger partial charge in [-0.15, -0.1) is 6.58 Å². The van der Waals surface area contributed by atoms with Crippen LogP contribution in [0.3, 0.4) is 0 Å². The van der Waals surface area contributed by atoms with Crippen molar-refractivity contribution in [2.24, 2.45) is 0 Å². The number of unbranched alkanes of at least 4 members (excludes halogenated alkanes) is 3. The quantitative estimate of drug-likeness (QED) is 0.509. The molecule has 0 amide bonds.